The van der Waals surface area contributed by atoms with Gasteiger partial charge in [0.1, 0.15) is 5.75 Å². The van der Waals surface area contributed by atoms with Crippen molar-refractivity contribution in [3.05, 3.63) is 30.3 Å². The zero-order valence-corrected chi connectivity index (χ0v) is 13.1. The van der Waals surface area contributed by atoms with E-state index in [1.165, 1.54) is 0 Å². The van der Waals surface area contributed by atoms with Gasteiger partial charge in [-0.3, -0.25) is 9.05 Å². The fraction of sp³-hybridized carbons (Fsp3) is 0.571. The number of phosphoric ester groups is 1. The minimum atomic E-state index is -3.75. The standard InChI is InChI=1S/C8H19O4P.C6H6O/c1-3-5-7-11-13(9,10)12-8-6-4-2;7-6-4-2-1-3-5-6/h3-8H2,1-2H3,(H,9,10);1-5,7H. The van der Waals surface area contributed by atoms with Gasteiger partial charge >= 0.3 is 7.82 Å². The molecule has 5 nitrogen and oxygen atoms in total. The van der Waals surface area contributed by atoms with Crippen molar-refractivity contribution in [2.45, 2.75) is 39.5 Å². The molecule has 0 aromatic heterocycles. The van der Waals surface area contributed by atoms with Crippen LogP contribution in [0.4, 0.5) is 0 Å². The van der Waals surface area contributed by atoms with E-state index in [0.29, 0.717) is 5.75 Å². The average molecular weight is 304 g/mol. The number of unbranched alkanes of at least 4 members (excludes halogenated alkanes) is 2. The Morgan fingerprint density at radius 3 is 1.75 bits per heavy atom. The van der Waals surface area contributed by atoms with E-state index < -0.39 is 7.82 Å². The second-order valence-electron chi connectivity index (χ2n) is 4.18. The zero-order chi connectivity index (χ0) is 15.3. The monoisotopic (exact) mass is 304 g/mol. The fourth-order valence-corrected chi connectivity index (χ4v) is 1.91. The highest BCUT2D eigenvalue weighted by atomic mass is 31.2. The van der Waals surface area contributed by atoms with Crippen molar-refractivity contribution in [1.82, 2.24) is 0 Å². The Hall–Kier alpha value is -0.870. The molecule has 1 aromatic carbocycles. The summed E-state index contributed by atoms with van der Waals surface area (Å²) in [5, 5.41) is 8.63. The Kier molecular flexibility index (Phi) is 11.4. The lowest BCUT2D eigenvalue weighted by molar-refractivity contribution is 0.146. The van der Waals surface area contributed by atoms with E-state index >= 15 is 0 Å². The van der Waals surface area contributed by atoms with Gasteiger partial charge in [-0.25, -0.2) is 4.57 Å². The number of hydrogen-bond donors (Lipinski definition) is 2. The molecule has 20 heavy (non-hydrogen) atoms. The van der Waals surface area contributed by atoms with Crippen molar-refractivity contribution in [3.8, 4) is 5.75 Å². The molecule has 0 saturated carbocycles. The number of phosphoric acid groups is 1. The quantitative estimate of drug-likeness (QED) is 0.558. The predicted molar refractivity (Wildman–Crippen MR) is 79.7 cm³/mol. The Morgan fingerprint density at radius 1 is 1.00 bits per heavy atom. The molecule has 0 unspecified atom stereocenters. The maximum absolute atomic E-state index is 11.1. The number of hydrogen-bond acceptors (Lipinski definition) is 4. The highest BCUT2D eigenvalue weighted by Gasteiger charge is 2.19. The minimum absolute atomic E-state index is 0.288. The minimum Gasteiger partial charge on any atom is -0.508 e. The number of phenols is 1. The van der Waals surface area contributed by atoms with E-state index in [9.17, 15) is 4.57 Å². The molecule has 2 N–H and O–H groups in total. The first kappa shape index (κ1) is 19.1. The van der Waals surface area contributed by atoms with Crippen molar-refractivity contribution >= 4 is 7.82 Å². The third-order valence-electron chi connectivity index (χ3n) is 2.26. The second kappa shape index (κ2) is 11.9. The van der Waals surface area contributed by atoms with Crippen LogP contribution in [-0.2, 0) is 13.6 Å². The molecule has 0 spiro atoms. The smallest absolute Gasteiger partial charge is 0.472 e. The maximum Gasteiger partial charge on any atom is 0.472 e. The number of benzene rings is 1. The Labute approximate surface area is 121 Å². The molecule has 0 atom stereocenters. The molecular weight excluding hydrogens is 279 g/mol. The van der Waals surface area contributed by atoms with Gasteiger partial charge in [0.15, 0.2) is 0 Å². The van der Waals surface area contributed by atoms with Gasteiger partial charge in [0.2, 0.25) is 0 Å². The fourth-order valence-electron chi connectivity index (χ4n) is 1.11. The molecule has 116 valence electrons. The second-order valence-corrected chi connectivity index (χ2v) is 5.63. The average Bonchev–Trinajstić information content (AvgIpc) is 2.41. The topological polar surface area (TPSA) is 76.0 Å². The molecule has 1 rings (SSSR count). The summed E-state index contributed by atoms with van der Waals surface area (Å²) in [4.78, 5) is 9.08. The van der Waals surface area contributed by atoms with Crippen molar-refractivity contribution in [3.63, 3.8) is 0 Å². The van der Waals surface area contributed by atoms with Gasteiger partial charge in [-0.2, -0.15) is 0 Å². The normalized spacial score (nSPS) is 10.8. The van der Waals surface area contributed by atoms with E-state index in [1.807, 2.05) is 19.9 Å². The molecule has 0 heterocycles. The summed E-state index contributed by atoms with van der Waals surface area (Å²) in [6.07, 6.45) is 3.44. The maximum atomic E-state index is 11.1. The van der Waals surface area contributed by atoms with Crippen LogP contribution in [0.5, 0.6) is 5.75 Å². The lowest BCUT2D eigenvalue weighted by Gasteiger charge is -2.10. The summed E-state index contributed by atoms with van der Waals surface area (Å²) in [7, 11) is -3.75. The molecular formula is C14H25O5P. The molecule has 0 aliphatic carbocycles. The Morgan fingerprint density at radius 2 is 1.45 bits per heavy atom. The lowest BCUT2D eigenvalue weighted by atomic mass is 10.3. The van der Waals surface area contributed by atoms with Gasteiger partial charge in [0.25, 0.3) is 0 Å². The molecule has 0 saturated heterocycles. The van der Waals surface area contributed by atoms with Gasteiger partial charge in [0, 0.05) is 0 Å². The molecule has 0 radical (unpaired) electrons. The summed E-state index contributed by atoms with van der Waals surface area (Å²) in [5.41, 5.74) is 0. The van der Waals surface area contributed by atoms with Crippen molar-refractivity contribution in [1.29, 1.82) is 0 Å². The summed E-state index contributed by atoms with van der Waals surface area (Å²) >= 11 is 0. The molecule has 0 bridgehead atoms. The molecule has 6 heteroatoms. The van der Waals surface area contributed by atoms with Gasteiger partial charge in [0.05, 0.1) is 13.2 Å². The van der Waals surface area contributed by atoms with Crippen LogP contribution in [-0.4, -0.2) is 23.2 Å². The SMILES string of the molecule is CCCCOP(=O)(O)OCCCC.Oc1ccccc1. The van der Waals surface area contributed by atoms with Crippen LogP contribution in [0, 0.1) is 0 Å². The molecule has 1 aromatic rings. The number of rotatable bonds is 8. The third-order valence-corrected chi connectivity index (χ3v) is 3.28. The number of para-hydroxylation sites is 1. The van der Waals surface area contributed by atoms with E-state index in [1.54, 1.807) is 24.3 Å². The molecule has 0 amide bonds. The van der Waals surface area contributed by atoms with Gasteiger partial charge in [-0.1, -0.05) is 44.9 Å². The van der Waals surface area contributed by atoms with E-state index in [0.717, 1.165) is 25.7 Å². The third kappa shape index (κ3) is 12.2. The van der Waals surface area contributed by atoms with Crippen LogP contribution >= 0.6 is 7.82 Å². The first-order valence-electron chi connectivity index (χ1n) is 6.87. The zero-order valence-electron chi connectivity index (χ0n) is 12.2. The lowest BCUT2D eigenvalue weighted by Crippen LogP contribution is -1.98. The summed E-state index contributed by atoms with van der Waals surface area (Å²) in [6, 6.07) is 8.71. The Bertz CT molecular complexity index is 355. The number of phenolic OH excluding ortho intramolecular Hbond substituents is 1. The summed E-state index contributed by atoms with van der Waals surface area (Å²) < 4.78 is 20.5. The highest BCUT2D eigenvalue weighted by Crippen LogP contribution is 2.43. The molecule has 0 aliphatic heterocycles. The number of aromatic hydroxyl groups is 1. The van der Waals surface area contributed by atoms with Crippen molar-refractivity contribution in [2.24, 2.45) is 0 Å². The first-order chi connectivity index (χ1) is 9.52. The van der Waals surface area contributed by atoms with E-state index in [2.05, 4.69) is 0 Å². The Balaban J connectivity index is 0.000000428. The van der Waals surface area contributed by atoms with Gasteiger partial charge in [-0.15, -0.1) is 0 Å². The highest BCUT2D eigenvalue weighted by molar-refractivity contribution is 7.47. The van der Waals surface area contributed by atoms with Crippen LogP contribution < -0.4 is 0 Å². The van der Waals surface area contributed by atoms with Crippen molar-refractivity contribution in [2.75, 3.05) is 13.2 Å². The van der Waals surface area contributed by atoms with E-state index in [-0.39, 0.29) is 13.2 Å². The van der Waals surface area contributed by atoms with Gasteiger partial charge < -0.3 is 10.00 Å². The van der Waals surface area contributed by atoms with Crippen LogP contribution in [0.3, 0.4) is 0 Å². The van der Waals surface area contributed by atoms with Gasteiger partial charge in [-0.05, 0) is 25.0 Å². The van der Waals surface area contributed by atoms with Crippen LogP contribution in [0.15, 0.2) is 30.3 Å². The van der Waals surface area contributed by atoms with Crippen LogP contribution in [0.25, 0.3) is 0 Å². The largest absolute Gasteiger partial charge is 0.508 e. The molecule has 0 aliphatic rings. The van der Waals surface area contributed by atoms with E-state index in [4.69, 9.17) is 19.0 Å². The first-order valence-corrected chi connectivity index (χ1v) is 8.37. The van der Waals surface area contributed by atoms with Crippen molar-refractivity contribution < 1.29 is 23.6 Å². The van der Waals surface area contributed by atoms with Crippen LogP contribution in [0.2, 0.25) is 0 Å². The molecule has 0 fully saturated rings. The summed E-state index contributed by atoms with van der Waals surface area (Å²) in [6.45, 7) is 4.56. The summed E-state index contributed by atoms with van der Waals surface area (Å²) in [5.74, 6) is 0.322. The predicted octanol–water partition coefficient (Wildman–Crippen LogP) is 4.11. The van der Waals surface area contributed by atoms with Crippen LogP contribution in [0.1, 0.15) is 39.5 Å².